The fourth-order valence-electron chi connectivity index (χ4n) is 2.22. The van der Waals surface area contributed by atoms with E-state index in [1.807, 2.05) is 24.3 Å². The van der Waals surface area contributed by atoms with Crippen molar-refractivity contribution < 1.29 is 4.79 Å². The normalized spacial score (nSPS) is 12.6. The summed E-state index contributed by atoms with van der Waals surface area (Å²) >= 11 is 7.77. The number of carbonyl (C=O) groups is 1. The van der Waals surface area contributed by atoms with Crippen LogP contribution in [-0.4, -0.2) is 11.9 Å². The van der Waals surface area contributed by atoms with Gasteiger partial charge in [0.05, 0.1) is 5.02 Å². The summed E-state index contributed by atoms with van der Waals surface area (Å²) in [6, 6.07) is 8.04. The summed E-state index contributed by atoms with van der Waals surface area (Å²) < 4.78 is 1.06. The number of amides is 1. The lowest BCUT2D eigenvalue weighted by molar-refractivity contribution is 0.0942. The maximum atomic E-state index is 12.3. The minimum atomic E-state index is -0.0554. The maximum absolute atomic E-state index is 12.3. The lowest BCUT2D eigenvalue weighted by atomic mass is 10.1. The van der Waals surface area contributed by atoms with Gasteiger partial charge in [-0.3, -0.25) is 4.79 Å². The minimum absolute atomic E-state index is 0.0554. The molecule has 1 atom stereocenters. The lowest BCUT2D eigenvalue weighted by Crippen LogP contribution is -2.32. The summed E-state index contributed by atoms with van der Waals surface area (Å²) in [7, 11) is 0. The van der Waals surface area contributed by atoms with Crippen LogP contribution in [0.2, 0.25) is 5.02 Å². The van der Waals surface area contributed by atoms with Crippen molar-refractivity contribution in [1.29, 1.82) is 0 Å². The van der Waals surface area contributed by atoms with Crippen molar-refractivity contribution in [2.24, 2.45) is 0 Å². The molecule has 1 aromatic heterocycles. The monoisotopic (exact) mass is 309 g/mol. The van der Waals surface area contributed by atoms with Crippen molar-refractivity contribution in [3.8, 4) is 0 Å². The highest BCUT2D eigenvalue weighted by Gasteiger charge is 2.18. The number of fused-ring (bicyclic) bond motifs is 1. The minimum Gasteiger partial charge on any atom is -0.349 e. The largest absolute Gasteiger partial charge is 0.349 e. The van der Waals surface area contributed by atoms with Crippen molar-refractivity contribution in [3.63, 3.8) is 0 Å². The van der Waals surface area contributed by atoms with E-state index >= 15 is 0 Å². The first-order chi connectivity index (χ1) is 9.63. The molecule has 2 nitrogen and oxygen atoms in total. The highest BCUT2D eigenvalue weighted by molar-refractivity contribution is 7.21. The van der Waals surface area contributed by atoms with Crippen molar-refractivity contribution in [2.75, 3.05) is 0 Å². The van der Waals surface area contributed by atoms with Crippen LogP contribution in [0.5, 0.6) is 0 Å². The van der Waals surface area contributed by atoms with Gasteiger partial charge in [0, 0.05) is 16.1 Å². The molecule has 4 heteroatoms. The van der Waals surface area contributed by atoms with E-state index in [1.165, 1.54) is 24.2 Å². The molecule has 20 heavy (non-hydrogen) atoms. The predicted octanol–water partition coefficient (Wildman–Crippen LogP) is 5.25. The zero-order chi connectivity index (χ0) is 14.5. The van der Waals surface area contributed by atoms with Gasteiger partial charge in [-0.25, -0.2) is 0 Å². The van der Waals surface area contributed by atoms with Crippen LogP contribution in [0.1, 0.15) is 49.2 Å². The third-order valence-corrected chi connectivity index (χ3v) is 5.03. The summed E-state index contributed by atoms with van der Waals surface area (Å²) in [6.45, 7) is 4.23. The Labute approximate surface area is 129 Å². The standard InChI is InChI=1S/C16H20ClNOS/c1-3-4-5-8-11(2)18-16(19)15-14(17)12-9-6-7-10-13(12)20-15/h6-7,9-11H,3-5,8H2,1-2H3,(H,18,19)/t11-/m1/s1. The van der Waals surface area contributed by atoms with Gasteiger partial charge in [0.15, 0.2) is 0 Å². The Balaban J connectivity index is 2.06. The molecule has 0 aliphatic carbocycles. The number of carbonyl (C=O) groups excluding carboxylic acids is 1. The van der Waals surface area contributed by atoms with E-state index in [4.69, 9.17) is 11.6 Å². The highest BCUT2D eigenvalue weighted by atomic mass is 35.5. The zero-order valence-electron chi connectivity index (χ0n) is 11.9. The van der Waals surface area contributed by atoms with Gasteiger partial charge >= 0.3 is 0 Å². The molecule has 108 valence electrons. The molecule has 0 unspecified atom stereocenters. The van der Waals surface area contributed by atoms with Crippen LogP contribution in [0.4, 0.5) is 0 Å². The molecule has 0 aliphatic rings. The van der Waals surface area contributed by atoms with E-state index in [0.717, 1.165) is 22.9 Å². The molecular formula is C16H20ClNOS. The molecule has 0 saturated carbocycles. The van der Waals surface area contributed by atoms with Crippen LogP contribution in [-0.2, 0) is 0 Å². The molecule has 0 bridgehead atoms. The number of benzene rings is 1. The summed E-state index contributed by atoms with van der Waals surface area (Å²) in [6.07, 6.45) is 4.58. The SMILES string of the molecule is CCCCC[C@@H](C)NC(=O)c1sc2ccccc2c1Cl. The summed E-state index contributed by atoms with van der Waals surface area (Å²) in [5.74, 6) is -0.0554. The smallest absolute Gasteiger partial charge is 0.263 e. The summed E-state index contributed by atoms with van der Waals surface area (Å²) in [5, 5.41) is 4.58. The fourth-order valence-corrected chi connectivity index (χ4v) is 3.64. The number of unbranched alkanes of at least 4 members (excludes halogenated alkanes) is 2. The van der Waals surface area contributed by atoms with E-state index in [1.54, 1.807) is 0 Å². The highest BCUT2D eigenvalue weighted by Crippen LogP contribution is 2.35. The van der Waals surface area contributed by atoms with E-state index < -0.39 is 0 Å². The number of rotatable bonds is 6. The lowest BCUT2D eigenvalue weighted by Gasteiger charge is -2.12. The van der Waals surface area contributed by atoms with Gasteiger partial charge in [-0.05, 0) is 19.4 Å². The topological polar surface area (TPSA) is 29.1 Å². The molecule has 2 rings (SSSR count). The van der Waals surface area contributed by atoms with Gasteiger partial charge in [0.25, 0.3) is 5.91 Å². The Kier molecular flexibility index (Phi) is 5.44. The zero-order valence-corrected chi connectivity index (χ0v) is 13.5. The van der Waals surface area contributed by atoms with E-state index in [-0.39, 0.29) is 11.9 Å². The van der Waals surface area contributed by atoms with E-state index in [9.17, 15) is 4.79 Å². The van der Waals surface area contributed by atoms with Crippen molar-refractivity contribution in [2.45, 2.75) is 45.6 Å². The second-order valence-electron chi connectivity index (χ2n) is 5.11. The molecule has 2 aromatic rings. The van der Waals surface area contributed by atoms with Crippen LogP contribution < -0.4 is 5.32 Å². The predicted molar refractivity (Wildman–Crippen MR) is 87.9 cm³/mol. The van der Waals surface area contributed by atoms with Crippen LogP contribution in [0.15, 0.2) is 24.3 Å². The van der Waals surface area contributed by atoms with E-state index in [2.05, 4.69) is 19.2 Å². The average Bonchev–Trinajstić information content (AvgIpc) is 2.77. The first-order valence-electron chi connectivity index (χ1n) is 7.11. The third-order valence-electron chi connectivity index (χ3n) is 3.36. The van der Waals surface area contributed by atoms with Crippen molar-refractivity contribution in [3.05, 3.63) is 34.2 Å². The van der Waals surface area contributed by atoms with Gasteiger partial charge < -0.3 is 5.32 Å². The quantitative estimate of drug-likeness (QED) is 0.725. The van der Waals surface area contributed by atoms with Crippen molar-refractivity contribution >= 4 is 38.9 Å². The van der Waals surface area contributed by atoms with Gasteiger partial charge in [-0.2, -0.15) is 0 Å². The third kappa shape index (κ3) is 3.53. The number of halogens is 1. The van der Waals surface area contributed by atoms with E-state index in [0.29, 0.717) is 9.90 Å². The van der Waals surface area contributed by atoms with Gasteiger partial charge in [0.1, 0.15) is 4.88 Å². The number of thiophene rings is 1. The van der Waals surface area contributed by atoms with Crippen LogP contribution in [0.25, 0.3) is 10.1 Å². The summed E-state index contributed by atoms with van der Waals surface area (Å²) in [4.78, 5) is 12.9. The molecule has 0 aliphatic heterocycles. The van der Waals surface area contributed by atoms with Crippen LogP contribution in [0, 0.1) is 0 Å². The Morgan fingerprint density at radius 1 is 1.35 bits per heavy atom. The number of hydrogen-bond acceptors (Lipinski definition) is 2. The Hall–Kier alpha value is -1.06. The first kappa shape index (κ1) is 15.3. The molecule has 1 aromatic carbocycles. The van der Waals surface area contributed by atoms with Crippen LogP contribution in [0.3, 0.4) is 0 Å². The fraction of sp³-hybridized carbons (Fsp3) is 0.438. The van der Waals surface area contributed by atoms with Gasteiger partial charge in [-0.15, -0.1) is 11.3 Å². The Morgan fingerprint density at radius 2 is 2.10 bits per heavy atom. The van der Waals surface area contributed by atoms with Gasteiger partial charge in [0.2, 0.25) is 0 Å². The number of hydrogen-bond donors (Lipinski definition) is 1. The molecular weight excluding hydrogens is 290 g/mol. The first-order valence-corrected chi connectivity index (χ1v) is 8.30. The molecule has 1 N–H and O–H groups in total. The molecule has 1 heterocycles. The number of nitrogens with one attached hydrogen (secondary N) is 1. The Bertz CT molecular complexity index is 593. The molecule has 0 spiro atoms. The van der Waals surface area contributed by atoms with Crippen LogP contribution >= 0.6 is 22.9 Å². The maximum Gasteiger partial charge on any atom is 0.263 e. The Morgan fingerprint density at radius 3 is 2.80 bits per heavy atom. The van der Waals surface area contributed by atoms with Gasteiger partial charge in [-0.1, -0.05) is 56.0 Å². The molecule has 0 fully saturated rings. The summed E-state index contributed by atoms with van der Waals surface area (Å²) in [5.41, 5.74) is 0. The molecule has 0 saturated heterocycles. The van der Waals surface area contributed by atoms with Crippen molar-refractivity contribution in [1.82, 2.24) is 5.32 Å². The molecule has 1 amide bonds. The second kappa shape index (κ2) is 7.09. The molecule has 0 radical (unpaired) electrons. The second-order valence-corrected chi connectivity index (χ2v) is 6.54. The average molecular weight is 310 g/mol.